The Hall–Kier alpha value is -0.450. The molecular formula is C20H38IN5OS. The van der Waals surface area contributed by atoms with Crippen LogP contribution in [0.5, 0.6) is 0 Å². The standard InChI is InChI=1S/C20H37N5OS.HI/c1-6-17(7-2)18(25-9-11-26-12-10-25)13-22-20(21-8-3)23-14-19-15(4)24-16(5)27-19;/h17-18H,6-14H2,1-5H3,(H2,21,22,23);1H. The summed E-state index contributed by atoms with van der Waals surface area (Å²) in [7, 11) is 0. The molecule has 0 radical (unpaired) electrons. The number of guanidine groups is 1. The average Bonchev–Trinajstić information content (AvgIpc) is 3.00. The summed E-state index contributed by atoms with van der Waals surface area (Å²) in [5.41, 5.74) is 1.10. The summed E-state index contributed by atoms with van der Waals surface area (Å²) >= 11 is 1.74. The van der Waals surface area contributed by atoms with Crippen LogP contribution in [0.4, 0.5) is 0 Å². The number of hydrogen-bond donors (Lipinski definition) is 2. The van der Waals surface area contributed by atoms with E-state index in [2.05, 4.69) is 55.1 Å². The first-order valence-electron chi connectivity index (χ1n) is 10.4. The molecule has 1 atom stereocenters. The van der Waals surface area contributed by atoms with E-state index in [0.717, 1.165) is 56.1 Å². The van der Waals surface area contributed by atoms with Crippen molar-refractivity contribution in [2.24, 2.45) is 10.9 Å². The molecule has 1 aliphatic rings. The quantitative estimate of drug-likeness (QED) is 0.295. The summed E-state index contributed by atoms with van der Waals surface area (Å²) in [5, 5.41) is 8.10. The first-order chi connectivity index (χ1) is 13.1. The fraction of sp³-hybridized carbons (Fsp3) is 0.800. The Morgan fingerprint density at radius 3 is 2.39 bits per heavy atom. The Labute approximate surface area is 192 Å². The van der Waals surface area contributed by atoms with Gasteiger partial charge in [0, 0.05) is 37.1 Å². The van der Waals surface area contributed by atoms with E-state index in [0.29, 0.717) is 18.5 Å². The van der Waals surface area contributed by atoms with Gasteiger partial charge in [0.25, 0.3) is 0 Å². The number of aliphatic imine (C=N–C) groups is 1. The van der Waals surface area contributed by atoms with Gasteiger partial charge in [-0.1, -0.05) is 26.7 Å². The molecule has 28 heavy (non-hydrogen) atoms. The monoisotopic (exact) mass is 523 g/mol. The summed E-state index contributed by atoms with van der Waals surface area (Å²) in [5.74, 6) is 1.58. The fourth-order valence-electron chi connectivity index (χ4n) is 3.75. The molecule has 0 saturated carbocycles. The third-order valence-corrected chi connectivity index (χ3v) is 6.37. The third-order valence-electron chi connectivity index (χ3n) is 5.31. The molecule has 1 aliphatic heterocycles. The third kappa shape index (κ3) is 7.76. The molecule has 162 valence electrons. The maximum absolute atomic E-state index is 5.56. The van der Waals surface area contributed by atoms with Gasteiger partial charge in [-0.25, -0.2) is 9.98 Å². The molecule has 2 heterocycles. The van der Waals surface area contributed by atoms with Gasteiger partial charge in [0.1, 0.15) is 0 Å². The highest BCUT2D eigenvalue weighted by Crippen LogP contribution is 2.20. The summed E-state index contributed by atoms with van der Waals surface area (Å²) < 4.78 is 5.56. The van der Waals surface area contributed by atoms with E-state index >= 15 is 0 Å². The lowest BCUT2D eigenvalue weighted by molar-refractivity contribution is 0.00272. The van der Waals surface area contributed by atoms with Crippen molar-refractivity contribution >= 4 is 41.3 Å². The Balaban J connectivity index is 0.00000392. The van der Waals surface area contributed by atoms with Crippen molar-refractivity contribution in [3.63, 3.8) is 0 Å². The van der Waals surface area contributed by atoms with Crippen molar-refractivity contribution < 1.29 is 4.74 Å². The van der Waals surface area contributed by atoms with Gasteiger partial charge in [-0.05, 0) is 26.7 Å². The number of aromatic nitrogens is 1. The Morgan fingerprint density at radius 2 is 1.86 bits per heavy atom. The summed E-state index contributed by atoms with van der Waals surface area (Å²) in [4.78, 5) is 13.1. The molecule has 8 heteroatoms. The van der Waals surface area contributed by atoms with Gasteiger partial charge in [-0.3, -0.25) is 4.90 Å². The molecule has 6 nitrogen and oxygen atoms in total. The van der Waals surface area contributed by atoms with Gasteiger partial charge in [0.05, 0.1) is 30.5 Å². The second-order valence-electron chi connectivity index (χ2n) is 7.11. The van der Waals surface area contributed by atoms with E-state index in [1.807, 2.05) is 0 Å². The predicted molar refractivity (Wildman–Crippen MR) is 130 cm³/mol. The molecule has 1 aromatic heterocycles. The zero-order valence-electron chi connectivity index (χ0n) is 18.1. The van der Waals surface area contributed by atoms with E-state index in [1.165, 1.54) is 17.7 Å². The minimum atomic E-state index is 0. The van der Waals surface area contributed by atoms with Gasteiger partial charge in [0.15, 0.2) is 5.96 Å². The minimum absolute atomic E-state index is 0. The van der Waals surface area contributed by atoms with Crippen LogP contribution < -0.4 is 10.6 Å². The average molecular weight is 524 g/mol. The van der Waals surface area contributed by atoms with Gasteiger partial charge < -0.3 is 15.4 Å². The molecule has 0 aliphatic carbocycles. The highest BCUT2D eigenvalue weighted by molar-refractivity contribution is 14.0. The van der Waals surface area contributed by atoms with E-state index in [9.17, 15) is 0 Å². The molecule has 0 amide bonds. The first kappa shape index (κ1) is 25.6. The van der Waals surface area contributed by atoms with Crippen LogP contribution in [0.25, 0.3) is 0 Å². The van der Waals surface area contributed by atoms with Crippen molar-refractivity contribution in [2.45, 2.75) is 60.0 Å². The number of morpholine rings is 1. The van der Waals surface area contributed by atoms with Crippen LogP contribution in [0.3, 0.4) is 0 Å². The van der Waals surface area contributed by atoms with E-state index in [-0.39, 0.29) is 24.0 Å². The van der Waals surface area contributed by atoms with Gasteiger partial charge in [-0.15, -0.1) is 35.3 Å². The molecule has 2 rings (SSSR count). The lowest BCUT2D eigenvalue weighted by Gasteiger charge is -2.39. The number of thiazole rings is 1. The van der Waals surface area contributed by atoms with Crippen molar-refractivity contribution in [1.29, 1.82) is 0 Å². The SMILES string of the molecule is CCNC(=NCc1sc(C)nc1C)NCC(C(CC)CC)N1CCOCC1.I. The maximum atomic E-state index is 5.56. The fourth-order valence-corrected chi connectivity index (χ4v) is 4.61. The Morgan fingerprint density at radius 1 is 1.18 bits per heavy atom. The van der Waals surface area contributed by atoms with Crippen LogP contribution >= 0.6 is 35.3 Å². The molecule has 0 bridgehead atoms. The largest absolute Gasteiger partial charge is 0.379 e. The summed E-state index contributed by atoms with van der Waals surface area (Å²) in [6, 6.07) is 0.514. The van der Waals surface area contributed by atoms with E-state index in [1.54, 1.807) is 11.3 Å². The predicted octanol–water partition coefficient (Wildman–Crippen LogP) is 3.57. The molecule has 0 spiro atoms. The van der Waals surface area contributed by atoms with E-state index < -0.39 is 0 Å². The number of hydrogen-bond acceptors (Lipinski definition) is 5. The Kier molecular flexibility index (Phi) is 12.5. The zero-order chi connectivity index (χ0) is 19.6. The van der Waals surface area contributed by atoms with Crippen LogP contribution in [0.1, 0.15) is 49.2 Å². The van der Waals surface area contributed by atoms with Crippen molar-refractivity contribution in [3.05, 3.63) is 15.6 Å². The van der Waals surface area contributed by atoms with Crippen LogP contribution in [-0.2, 0) is 11.3 Å². The molecular weight excluding hydrogens is 485 g/mol. The van der Waals surface area contributed by atoms with Crippen molar-refractivity contribution in [2.75, 3.05) is 39.4 Å². The van der Waals surface area contributed by atoms with Crippen LogP contribution in [-0.4, -0.2) is 61.3 Å². The van der Waals surface area contributed by atoms with Crippen molar-refractivity contribution in [1.82, 2.24) is 20.5 Å². The minimum Gasteiger partial charge on any atom is -0.379 e. The lowest BCUT2D eigenvalue weighted by Crippen LogP contribution is -2.53. The number of ether oxygens (including phenoxy) is 1. The summed E-state index contributed by atoms with van der Waals surface area (Å²) in [6.45, 7) is 17.0. The highest BCUT2D eigenvalue weighted by atomic mass is 127. The molecule has 1 fully saturated rings. The number of halogens is 1. The van der Waals surface area contributed by atoms with Crippen LogP contribution in [0.2, 0.25) is 0 Å². The van der Waals surface area contributed by atoms with E-state index in [4.69, 9.17) is 9.73 Å². The van der Waals surface area contributed by atoms with Crippen molar-refractivity contribution in [3.8, 4) is 0 Å². The van der Waals surface area contributed by atoms with Gasteiger partial charge in [-0.2, -0.15) is 0 Å². The molecule has 0 aromatic carbocycles. The highest BCUT2D eigenvalue weighted by Gasteiger charge is 2.27. The maximum Gasteiger partial charge on any atom is 0.191 e. The number of aryl methyl sites for hydroxylation is 2. The molecule has 1 unspecified atom stereocenters. The number of rotatable bonds is 9. The van der Waals surface area contributed by atoms with Crippen LogP contribution in [0.15, 0.2) is 4.99 Å². The number of nitrogens with zero attached hydrogens (tertiary/aromatic N) is 3. The Bertz CT molecular complexity index is 585. The normalized spacial score (nSPS) is 16.7. The molecule has 1 saturated heterocycles. The first-order valence-corrected chi connectivity index (χ1v) is 11.2. The lowest BCUT2D eigenvalue weighted by atomic mass is 9.92. The molecule has 1 aromatic rings. The van der Waals surface area contributed by atoms with Gasteiger partial charge >= 0.3 is 0 Å². The number of nitrogens with one attached hydrogen (secondary N) is 2. The molecule has 2 N–H and O–H groups in total. The van der Waals surface area contributed by atoms with Crippen LogP contribution in [0, 0.1) is 19.8 Å². The zero-order valence-corrected chi connectivity index (χ0v) is 21.2. The second-order valence-corrected chi connectivity index (χ2v) is 8.40. The smallest absolute Gasteiger partial charge is 0.191 e. The summed E-state index contributed by atoms with van der Waals surface area (Å²) in [6.07, 6.45) is 2.40. The second kappa shape index (κ2) is 13.7. The topological polar surface area (TPSA) is 61.8 Å². The van der Waals surface area contributed by atoms with Gasteiger partial charge in [0.2, 0.25) is 0 Å².